The Kier molecular flexibility index (Phi) is 2.63. The topological polar surface area (TPSA) is 35.6 Å². The highest BCUT2D eigenvalue weighted by Crippen LogP contribution is 2.19. The Labute approximate surface area is 106 Å². The number of fused-ring (bicyclic) bond motifs is 1. The molecule has 0 aliphatic rings. The van der Waals surface area contributed by atoms with Gasteiger partial charge in [0.15, 0.2) is 0 Å². The maximum Gasteiger partial charge on any atom is 0.0918 e. The van der Waals surface area contributed by atoms with Gasteiger partial charge in [-0.1, -0.05) is 18.2 Å². The van der Waals surface area contributed by atoms with Crippen molar-refractivity contribution in [1.29, 1.82) is 0 Å². The minimum Gasteiger partial charge on any atom is -0.266 e. The van der Waals surface area contributed by atoms with Crippen molar-refractivity contribution in [2.45, 2.75) is 26.9 Å². The molecule has 92 valence electrons. The highest BCUT2D eigenvalue weighted by Gasteiger charge is 2.09. The molecule has 3 aromatic rings. The number of hydrogen-bond acceptors (Lipinski definition) is 2. The Bertz CT molecular complexity index is 678. The van der Waals surface area contributed by atoms with Gasteiger partial charge in [0, 0.05) is 18.1 Å². The molecular weight excluding hydrogens is 224 g/mol. The average molecular weight is 240 g/mol. The summed E-state index contributed by atoms with van der Waals surface area (Å²) in [5, 5.41) is 10.3. The molecule has 4 nitrogen and oxygen atoms in total. The van der Waals surface area contributed by atoms with Crippen LogP contribution < -0.4 is 0 Å². The summed E-state index contributed by atoms with van der Waals surface area (Å²) in [5.41, 5.74) is 3.31. The fourth-order valence-corrected chi connectivity index (χ4v) is 2.26. The molecule has 0 aliphatic carbocycles. The second-order valence-corrected chi connectivity index (χ2v) is 4.43. The van der Waals surface area contributed by atoms with E-state index in [0.717, 1.165) is 24.5 Å². The predicted octanol–water partition coefficient (Wildman–Crippen LogP) is 2.61. The van der Waals surface area contributed by atoms with Crippen LogP contribution >= 0.6 is 0 Å². The molecule has 0 fully saturated rings. The van der Waals surface area contributed by atoms with Gasteiger partial charge in [-0.25, -0.2) is 0 Å². The molecule has 18 heavy (non-hydrogen) atoms. The molecular formula is C14H16N4. The molecule has 0 saturated heterocycles. The molecule has 0 spiro atoms. The highest BCUT2D eigenvalue weighted by atomic mass is 15.3. The first-order valence-electron chi connectivity index (χ1n) is 6.22. The summed E-state index contributed by atoms with van der Waals surface area (Å²) in [7, 11) is 0. The highest BCUT2D eigenvalue weighted by molar-refractivity contribution is 5.81. The van der Waals surface area contributed by atoms with Gasteiger partial charge in [0.2, 0.25) is 0 Å². The van der Waals surface area contributed by atoms with Gasteiger partial charge < -0.3 is 0 Å². The molecule has 0 bridgehead atoms. The first-order chi connectivity index (χ1) is 8.78. The summed E-state index contributed by atoms with van der Waals surface area (Å²) in [6, 6.07) is 10.4. The van der Waals surface area contributed by atoms with Crippen molar-refractivity contribution in [2.75, 3.05) is 0 Å². The van der Waals surface area contributed by atoms with Crippen molar-refractivity contribution < 1.29 is 0 Å². The van der Waals surface area contributed by atoms with Crippen LogP contribution in [0.5, 0.6) is 0 Å². The van der Waals surface area contributed by atoms with Gasteiger partial charge in [-0.2, -0.15) is 10.2 Å². The first kappa shape index (κ1) is 11.0. The van der Waals surface area contributed by atoms with E-state index in [1.165, 1.54) is 10.9 Å². The van der Waals surface area contributed by atoms with Gasteiger partial charge in [0.1, 0.15) is 0 Å². The van der Waals surface area contributed by atoms with E-state index in [1.54, 1.807) is 0 Å². The van der Waals surface area contributed by atoms with Gasteiger partial charge in [-0.3, -0.25) is 9.36 Å². The maximum atomic E-state index is 4.67. The molecule has 0 atom stereocenters. The van der Waals surface area contributed by atoms with E-state index in [9.17, 15) is 0 Å². The summed E-state index contributed by atoms with van der Waals surface area (Å²) < 4.78 is 3.98. The number of nitrogens with zero attached hydrogens (tertiary/aromatic N) is 4. The number of hydrogen-bond donors (Lipinski definition) is 0. The molecule has 0 amide bonds. The normalized spacial score (nSPS) is 11.2. The summed E-state index contributed by atoms with van der Waals surface area (Å²) in [4.78, 5) is 0. The maximum absolute atomic E-state index is 4.67. The van der Waals surface area contributed by atoms with Crippen LogP contribution in [0.1, 0.15) is 18.3 Å². The largest absolute Gasteiger partial charge is 0.266 e. The SMILES string of the molecule is CCn1nc(Cn2ccc(C)n2)c2ccccc21. The zero-order valence-electron chi connectivity index (χ0n) is 10.7. The Morgan fingerprint density at radius 3 is 2.67 bits per heavy atom. The van der Waals surface area contributed by atoms with Crippen molar-refractivity contribution in [1.82, 2.24) is 19.6 Å². The van der Waals surface area contributed by atoms with Gasteiger partial charge >= 0.3 is 0 Å². The van der Waals surface area contributed by atoms with E-state index in [-0.39, 0.29) is 0 Å². The predicted molar refractivity (Wildman–Crippen MR) is 71.5 cm³/mol. The van der Waals surface area contributed by atoms with Crippen LogP contribution in [0.4, 0.5) is 0 Å². The van der Waals surface area contributed by atoms with E-state index in [0.29, 0.717) is 0 Å². The lowest BCUT2D eigenvalue weighted by molar-refractivity contribution is 0.625. The molecule has 0 saturated carbocycles. The van der Waals surface area contributed by atoms with E-state index in [4.69, 9.17) is 0 Å². The molecule has 0 radical (unpaired) electrons. The number of benzene rings is 1. The van der Waals surface area contributed by atoms with Crippen LogP contribution in [-0.4, -0.2) is 19.6 Å². The lowest BCUT2D eigenvalue weighted by Crippen LogP contribution is -2.03. The minimum absolute atomic E-state index is 0.724. The fourth-order valence-electron chi connectivity index (χ4n) is 2.26. The van der Waals surface area contributed by atoms with Crippen molar-refractivity contribution in [3.05, 3.63) is 47.9 Å². The van der Waals surface area contributed by atoms with Crippen LogP contribution in [0.2, 0.25) is 0 Å². The third kappa shape index (κ3) is 1.79. The minimum atomic E-state index is 0.724. The van der Waals surface area contributed by atoms with Crippen molar-refractivity contribution in [3.63, 3.8) is 0 Å². The number of rotatable bonds is 3. The monoisotopic (exact) mass is 240 g/mol. The van der Waals surface area contributed by atoms with Gasteiger partial charge in [0.25, 0.3) is 0 Å². The van der Waals surface area contributed by atoms with Gasteiger partial charge in [0.05, 0.1) is 23.4 Å². The first-order valence-corrected chi connectivity index (χ1v) is 6.22. The zero-order valence-corrected chi connectivity index (χ0v) is 10.7. The Balaban J connectivity index is 2.06. The van der Waals surface area contributed by atoms with Crippen LogP contribution in [-0.2, 0) is 13.1 Å². The van der Waals surface area contributed by atoms with Crippen LogP contribution in [0, 0.1) is 6.92 Å². The fraction of sp³-hybridized carbons (Fsp3) is 0.286. The molecule has 0 unspecified atom stereocenters. The molecule has 2 aromatic heterocycles. The molecule has 1 aromatic carbocycles. The third-order valence-electron chi connectivity index (χ3n) is 3.12. The number of aryl methyl sites for hydroxylation is 2. The van der Waals surface area contributed by atoms with Crippen molar-refractivity contribution in [2.24, 2.45) is 0 Å². The second kappa shape index (κ2) is 4.29. The van der Waals surface area contributed by atoms with Crippen LogP contribution in [0.15, 0.2) is 36.5 Å². The van der Waals surface area contributed by atoms with Crippen molar-refractivity contribution in [3.8, 4) is 0 Å². The quantitative estimate of drug-likeness (QED) is 0.705. The lowest BCUT2D eigenvalue weighted by Gasteiger charge is -1.98. The van der Waals surface area contributed by atoms with Crippen LogP contribution in [0.3, 0.4) is 0 Å². The summed E-state index contributed by atoms with van der Waals surface area (Å²) in [6.07, 6.45) is 2.00. The van der Waals surface area contributed by atoms with Gasteiger partial charge in [-0.05, 0) is 26.0 Å². The summed E-state index contributed by atoms with van der Waals surface area (Å²) in [6.45, 7) is 5.72. The van der Waals surface area contributed by atoms with E-state index in [2.05, 4.69) is 41.4 Å². The van der Waals surface area contributed by atoms with E-state index >= 15 is 0 Å². The smallest absolute Gasteiger partial charge is 0.0918 e. The zero-order chi connectivity index (χ0) is 12.5. The molecule has 0 N–H and O–H groups in total. The standard InChI is InChI=1S/C14H16N4/c1-3-18-14-7-5-4-6-12(14)13(16-18)10-17-9-8-11(2)15-17/h4-9H,3,10H2,1-2H3. The molecule has 0 aliphatic heterocycles. The Morgan fingerprint density at radius 2 is 1.94 bits per heavy atom. The average Bonchev–Trinajstić information content (AvgIpc) is 2.95. The van der Waals surface area contributed by atoms with Crippen LogP contribution in [0.25, 0.3) is 10.9 Å². The number of para-hydroxylation sites is 1. The lowest BCUT2D eigenvalue weighted by atomic mass is 10.2. The van der Waals surface area contributed by atoms with E-state index in [1.807, 2.05) is 28.6 Å². The third-order valence-corrected chi connectivity index (χ3v) is 3.12. The Morgan fingerprint density at radius 1 is 1.11 bits per heavy atom. The molecule has 2 heterocycles. The summed E-state index contributed by atoms with van der Waals surface area (Å²) in [5.74, 6) is 0. The van der Waals surface area contributed by atoms with Gasteiger partial charge in [-0.15, -0.1) is 0 Å². The molecule has 3 rings (SSSR count). The van der Waals surface area contributed by atoms with E-state index < -0.39 is 0 Å². The summed E-state index contributed by atoms with van der Waals surface area (Å²) >= 11 is 0. The molecule has 4 heteroatoms. The Hall–Kier alpha value is -2.10. The second-order valence-electron chi connectivity index (χ2n) is 4.43. The van der Waals surface area contributed by atoms with Crippen molar-refractivity contribution >= 4 is 10.9 Å². The number of aromatic nitrogens is 4.